The van der Waals surface area contributed by atoms with Crippen LogP contribution in [-0.2, 0) is 26.2 Å². The minimum absolute atomic E-state index is 0. The first-order chi connectivity index (χ1) is 3.39. The molecule has 0 nitrogen and oxygen atoms in total. The SMILES string of the molecule is Ic1ccccc1.[Zr+2]. The fourth-order valence-electron chi connectivity index (χ4n) is 0.415. The fourth-order valence-corrected chi connectivity index (χ4v) is 0.830. The quantitative estimate of drug-likeness (QED) is 0.644. The summed E-state index contributed by atoms with van der Waals surface area (Å²) in [6.07, 6.45) is 0. The molecule has 0 aliphatic rings. The molecule has 0 bridgehead atoms. The first-order valence-electron chi connectivity index (χ1n) is 2.10. The van der Waals surface area contributed by atoms with Crippen molar-refractivity contribution in [2.45, 2.75) is 0 Å². The minimum atomic E-state index is 0. The monoisotopic (exact) mass is 294 g/mol. The van der Waals surface area contributed by atoms with Crippen LogP contribution in [0.5, 0.6) is 0 Å². The molecule has 8 heavy (non-hydrogen) atoms. The molecule has 0 radical (unpaired) electrons. The molecule has 0 unspecified atom stereocenters. The van der Waals surface area contributed by atoms with Gasteiger partial charge in [0.2, 0.25) is 0 Å². The number of benzene rings is 1. The summed E-state index contributed by atoms with van der Waals surface area (Å²) in [5, 5.41) is 0. The zero-order valence-electron chi connectivity index (χ0n) is 4.26. The van der Waals surface area contributed by atoms with Gasteiger partial charge in [-0.1, -0.05) is 18.2 Å². The molecule has 1 aromatic rings. The maximum Gasteiger partial charge on any atom is 2.00 e. The summed E-state index contributed by atoms with van der Waals surface area (Å²) >= 11 is 2.28. The molecule has 0 aliphatic heterocycles. The van der Waals surface area contributed by atoms with Crippen LogP contribution in [0, 0.1) is 3.57 Å². The van der Waals surface area contributed by atoms with Gasteiger partial charge in [0.25, 0.3) is 0 Å². The number of halogens is 1. The van der Waals surface area contributed by atoms with Gasteiger partial charge in [-0.25, -0.2) is 0 Å². The largest absolute Gasteiger partial charge is 2.00 e. The van der Waals surface area contributed by atoms with Crippen molar-refractivity contribution in [2.75, 3.05) is 0 Å². The molecule has 0 saturated carbocycles. The van der Waals surface area contributed by atoms with Crippen LogP contribution in [0.4, 0.5) is 0 Å². The van der Waals surface area contributed by atoms with Crippen molar-refractivity contribution in [3.8, 4) is 0 Å². The van der Waals surface area contributed by atoms with Crippen LogP contribution in [0.3, 0.4) is 0 Å². The van der Waals surface area contributed by atoms with Gasteiger partial charge in [-0.3, -0.25) is 0 Å². The van der Waals surface area contributed by atoms with Crippen molar-refractivity contribution in [1.82, 2.24) is 0 Å². The summed E-state index contributed by atoms with van der Waals surface area (Å²) in [6, 6.07) is 10.2. The smallest absolute Gasteiger partial charge is 0.0622 e. The van der Waals surface area contributed by atoms with E-state index in [-0.39, 0.29) is 26.2 Å². The van der Waals surface area contributed by atoms with Crippen LogP contribution in [0.1, 0.15) is 0 Å². The van der Waals surface area contributed by atoms with Gasteiger partial charge in [0.1, 0.15) is 0 Å². The molecule has 0 aliphatic carbocycles. The standard InChI is InChI=1S/C6H5I.Zr/c7-6-4-2-1-3-5-6;/h1-5H;/q;+2. The summed E-state index contributed by atoms with van der Waals surface area (Å²) in [5.41, 5.74) is 0. The van der Waals surface area contributed by atoms with Crippen molar-refractivity contribution in [1.29, 1.82) is 0 Å². The summed E-state index contributed by atoms with van der Waals surface area (Å²) in [4.78, 5) is 0. The number of hydrogen-bond donors (Lipinski definition) is 0. The van der Waals surface area contributed by atoms with Gasteiger partial charge >= 0.3 is 26.2 Å². The maximum atomic E-state index is 2.28. The van der Waals surface area contributed by atoms with Crippen molar-refractivity contribution < 1.29 is 26.2 Å². The molecule has 1 rings (SSSR count). The third-order valence-electron chi connectivity index (χ3n) is 0.733. The Morgan fingerprint density at radius 1 is 1.00 bits per heavy atom. The van der Waals surface area contributed by atoms with Crippen LogP contribution in [0.25, 0.3) is 0 Å². The average Bonchev–Trinajstić information content (AvgIpc) is 1.69. The second kappa shape index (κ2) is 4.69. The molecule has 0 N–H and O–H groups in total. The fraction of sp³-hybridized carbons (Fsp3) is 0. The van der Waals surface area contributed by atoms with E-state index in [4.69, 9.17) is 0 Å². The molecule has 0 heterocycles. The Morgan fingerprint density at radius 3 is 1.75 bits per heavy atom. The molecule has 2 heteroatoms. The van der Waals surface area contributed by atoms with Gasteiger partial charge in [0.15, 0.2) is 0 Å². The summed E-state index contributed by atoms with van der Waals surface area (Å²) in [6.45, 7) is 0. The molecule has 0 spiro atoms. The summed E-state index contributed by atoms with van der Waals surface area (Å²) in [5.74, 6) is 0. The predicted octanol–water partition coefficient (Wildman–Crippen LogP) is 2.29. The Kier molecular flexibility index (Phi) is 5.18. The first kappa shape index (κ1) is 8.83. The van der Waals surface area contributed by atoms with Gasteiger partial charge in [0, 0.05) is 3.57 Å². The Bertz CT molecular complexity index is 138. The third-order valence-corrected chi connectivity index (χ3v) is 1.45. The van der Waals surface area contributed by atoms with Gasteiger partial charge < -0.3 is 0 Å². The van der Waals surface area contributed by atoms with Crippen LogP contribution in [0.15, 0.2) is 30.3 Å². The van der Waals surface area contributed by atoms with E-state index in [1.54, 1.807) is 0 Å². The van der Waals surface area contributed by atoms with Crippen LogP contribution < -0.4 is 0 Å². The van der Waals surface area contributed by atoms with Crippen molar-refractivity contribution >= 4 is 22.6 Å². The van der Waals surface area contributed by atoms with E-state index in [1.165, 1.54) is 3.57 Å². The van der Waals surface area contributed by atoms with Crippen LogP contribution in [-0.4, -0.2) is 0 Å². The van der Waals surface area contributed by atoms with Gasteiger partial charge in [-0.05, 0) is 34.7 Å². The molecule has 1 aromatic carbocycles. The Hall–Kier alpha value is 0.833. The average molecular weight is 295 g/mol. The van der Waals surface area contributed by atoms with E-state index in [0.717, 1.165) is 0 Å². The van der Waals surface area contributed by atoms with Gasteiger partial charge in [-0.15, -0.1) is 0 Å². The second-order valence-electron chi connectivity index (χ2n) is 1.30. The van der Waals surface area contributed by atoms with Crippen molar-refractivity contribution in [2.24, 2.45) is 0 Å². The molecule has 0 amide bonds. The van der Waals surface area contributed by atoms with E-state index in [9.17, 15) is 0 Å². The normalized spacial score (nSPS) is 7.62. The third kappa shape index (κ3) is 2.98. The first-order valence-corrected chi connectivity index (χ1v) is 3.18. The Balaban J connectivity index is 0.000000490. The molecule has 0 saturated heterocycles. The van der Waals surface area contributed by atoms with Gasteiger partial charge in [0.05, 0.1) is 0 Å². The number of hydrogen-bond acceptors (Lipinski definition) is 0. The molecular formula is C6H5IZr+2. The molecular weight excluding hydrogens is 290 g/mol. The summed E-state index contributed by atoms with van der Waals surface area (Å²) in [7, 11) is 0. The Morgan fingerprint density at radius 2 is 1.50 bits per heavy atom. The second-order valence-corrected chi connectivity index (χ2v) is 2.54. The van der Waals surface area contributed by atoms with E-state index < -0.39 is 0 Å². The van der Waals surface area contributed by atoms with Crippen molar-refractivity contribution in [3.05, 3.63) is 33.9 Å². The molecule has 0 fully saturated rings. The minimum Gasteiger partial charge on any atom is -0.0622 e. The van der Waals surface area contributed by atoms with Gasteiger partial charge in [-0.2, -0.15) is 0 Å². The van der Waals surface area contributed by atoms with E-state index in [1.807, 2.05) is 18.2 Å². The maximum absolute atomic E-state index is 2.28. The Labute approximate surface area is 81.9 Å². The zero-order chi connectivity index (χ0) is 5.11. The molecule has 0 aromatic heterocycles. The zero-order valence-corrected chi connectivity index (χ0v) is 8.88. The molecule has 38 valence electrons. The predicted molar refractivity (Wildman–Crippen MR) is 39.2 cm³/mol. The van der Waals surface area contributed by atoms with Crippen LogP contribution >= 0.6 is 22.6 Å². The summed E-state index contributed by atoms with van der Waals surface area (Å²) < 4.78 is 1.29. The van der Waals surface area contributed by atoms with Crippen LogP contribution in [0.2, 0.25) is 0 Å². The van der Waals surface area contributed by atoms with E-state index in [0.29, 0.717) is 0 Å². The van der Waals surface area contributed by atoms with E-state index in [2.05, 4.69) is 34.7 Å². The topological polar surface area (TPSA) is 0 Å². The van der Waals surface area contributed by atoms with E-state index >= 15 is 0 Å². The van der Waals surface area contributed by atoms with Crippen molar-refractivity contribution in [3.63, 3.8) is 0 Å². The number of rotatable bonds is 0. The molecule has 0 atom stereocenters.